The summed E-state index contributed by atoms with van der Waals surface area (Å²) in [7, 11) is 0. The smallest absolute Gasteiger partial charge is 0.347 e. The molecule has 0 fully saturated rings. The van der Waals surface area contributed by atoms with Gasteiger partial charge in [0.15, 0.2) is 5.13 Å². The van der Waals surface area contributed by atoms with Crippen LogP contribution in [-0.4, -0.2) is 16.1 Å². The second kappa shape index (κ2) is 4.42. The first-order valence-corrected chi connectivity index (χ1v) is 5.72. The summed E-state index contributed by atoms with van der Waals surface area (Å²) in [6.45, 7) is 1.67. The van der Waals surface area contributed by atoms with E-state index in [2.05, 4.69) is 10.3 Å². The van der Waals surface area contributed by atoms with E-state index in [4.69, 9.17) is 10.8 Å². The number of thiazole rings is 1. The van der Waals surface area contributed by atoms with Gasteiger partial charge in [0.05, 0.1) is 17.1 Å². The molecular weight excluding hydrogens is 238 g/mol. The highest BCUT2D eigenvalue weighted by molar-refractivity contribution is 7.17. The van der Waals surface area contributed by atoms with E-state index in [-0.39, 0.29) is 4.88 Å². The van der Waals surface area contributed by atoms with Crippen molar-refractivity contribution >= 4 is 33.8 Å². The van der Waals surface area contributed by atoms with Crippen LogP contribution < -0.4 is 11.1 Å². The lowest BCUT2D eigenvalue weighted by Gasteiger charge is -2.04. The molecule has 0 bridgehead atoms. The molecule has 1 aromatic carbocycles. The second-order valence-electron chi connectivity index (χ2n) is 3.45. The standard InChI is InChI=1S/C11H11N3O2S/c1-6-9(10(15)16)17-11(13-6)14-8-5-3-2-4-7(8)12/h2-5H,12H2,1H3,(H,13,14)(H,15,16). The van der Waals surface area contributed by atoms with Gasteiger partial charge in [-0.25, -0.2) is 9.78 Å². The summed E-state index contributed by atoms with van der Waals surface area (Å²) in [5, 5.41) is 12.5. The van der Waals surface area contributed by atoms with E-state index in [9.17, 15) is 4.79 Å². The Balaban J connectivity index is 2.28. The van der Waals surface area contributed by atoms with Crippen LogP contribution in [0.4, 0.5) is 16.5 Å². The lowest BCUT2D eigenvalue weighted by atomic mass is 10.3. The Hall–Kier alpha value is -2.08. The van der Waals surface area contributed by atoms with E-state index in [1.165, 1.54) is 0 Å². The molecule has 0 radical (unpaired) electrons. The third kappa shape index (κ3) is 2.36. The molecule has 0 aliphatic heterocycles. The number of carboxylic acid groups (broad SMARTS) is 1. The van der Waals surface area contributed by atoms with Gasteiger partial charge >= 0.3 is 5.97 Å². The van der Waals surface area contributed by atoms with Crippen LogP contribution >= 0.6 is 11.3 Å². The fourth-order valence-electron chi connectivity index (χ4n) is 1.37. The highest BCUT2D eigenvalue weighted by Gasteiger charge is 2.14. The number of aromatic carboxylic acids is 1. The summed E-state index contributed by atoms with van der Waals surface area (Å²) in [5.41, 5.74) is 7.59. The van der Waals surface area contributed by atoms with Gasteiger partial charge in [0.2, 0.25) is 0 Å². The number of para-hydroxylation sites is 2. The summed E-state index contributed by atoms with van der Waals surface area (Å²) < 4.78 is 0. The van der Waals surface area contributed by atoms with Crippen LogP contribution in [-0.2, 0) is 0 Å². The Kier molecular flexibility index (Phi) is 2.97. The fourth-order valence-corrected chi connectivity index (χ4v) is 2.19. The van der Waals surface area contributed by atoms with Crippen LogP contribution in [0.3, 0.4) is 0 Å². The van der Waals surface area contributed by atoms with Crippen LogP contribution in [0.2, 0.25) is 0 Å². The first kappa shape index (κ1) is 11.4. The van der Waals surface area contributed by atoms with Gasteiger partial charge in [-0.3, -0.25) is 0 Å². The van der Waals surface area contributed by atoms with Crippen LogP contribution in [0.15, 0.2) is 24.3 Å². The molecule has 1 aromatic heterocycles. The minimum absolute atomic E-state index is 0.238. The number of hydrogen-bond donors (Lipinski definition) is 3. The van der Waals surface area contributed by atoms with E-state index in [1.54, 1.807) is 13.0 Å². The largest absolute Gasteiger partial charge is 0.477 e. The first-order chi connectivity index (χ1) is 8.08. The quantitative estimate of drug-likeness (QED) is 0.727. The maximum atomic E-state index is 10.9. The third-order valence-electron chi connectivity index (χ3n) is 2.19. The Morgan fingerprint density at radius 1 is 1.47 bits per heavy atom. The fraction of sp³-hybridized carbons (Fsp3) is 0.0909. The molecule has 2 rings (SSSR count). The number of aryl methyl sites for hydroxylation is 1. The third-order valence-corrected chi connectivity index (χ3v) is 3.25. The van der Waals surface area contributed by atoms with Crippen LogP contribution in [0.5, 0.6) is 0 Å². The number of hydrogen-bond acceptors (Lipinski definition) is 5. The summed E-state index contributed by atoms with van der Waals surface area (Å²) in [4.78, 5) is 15.2. The molecule has 6 heteroatoms. The molecule has 4 N–H and O–H groups in total. The maximum absolute atomic E-state index is 10.9. The van der Waals surface area contributed by atoms with Crippen LogP contribution in [0.25, 0.3) is 0 Å². The summed E-state index contributed by atoms with van der Waals surface area (Å²) in [6, 6.07) is 7.25. The number of aromatic nitrogens is 1. The molecule has 5 nitrogen and oxygen atoms in total. The van der Waals surface area contributed by atoms with Gasteiger partial charge in [0.25, 0.3) is 0 Å². The van der Waals surface area contributed by atoms with E-state index in [0.29, 0.717) is 16.5 Å². The predicted molar refractivity (Wildman–Crippen MR) is 67.9 cm³/mol. The van der Waals surface area contributed by atoms with Crippen molar-refractivity contribution in [2.75, 3.05) is 11.1 Å². The van der Waals surface area contributed by atoms with Gasteiger partial charge < -0.3 is 16.2 Å². The molecule has 0 amide bonds. The lowest BCUT2D eigenvalue weighted by molar-refractivity contribution is 0.0701. The van der Waals surface area contributed by atoms with Crippen molar-refractivity contribution in [3.05, 3.63) is 34.8 Å². The second-order valence-corrected chi connectivity index (χ2v) is 4.45. The van der Waals surface area contributed by atoms with E-state index in [0.717, 1.165) is 17.0 Å². The number of carbonyl (C=O) groups is 1. The zero-order valence-corrected chi connectivity index (χ0v) is 9.91. The number of benzene rings is 1. The van der Waals surface area contributed by atoms with Crippen molar-refractivity contribution in [1.82, 2.24) is 4.98 Å². The Labute approximate surface area is 102 Å². The summed E-state index contributed by atoms with van der Waals surface area (Å²) >= 11 is 1.09. The number of nitrogen functional groups attached to an aromatic ring is 1. The first-order valence-electron chi connectivity index (χ1n) is 4.90. The molecule has 17 heavy (non-hydrogen) atoms. The van der Waals surface area contributed by atoms with E-state index in [1.807, 2.05) is 18.2 Å². The highest BCUT2D eigenvalue weighted by Crippen LogP contribution is 2.28. The molecule has 0 aliphatic carbocycles. The Morgan fingerprint density at radius 3 is 2.76 bits per heavy atom. The highest BCUT2D eigenvalue weighted by atomic mass is 32.1. The van der Waals surface area contributed by atoms with Crippen molar-refractivity contribution < 1.29 is 9.90 Å². The van der Waals surface area contributed by atoms with Crippen molar-refractivity contribution in [2.24, 2.45) is 0 Å². The lowest BCUT2D eigenvalue weighted by Crippen LogP contribution is -1.95. The van der Waals surface area contributed by atoms with Crippen molar-refractivity contribution in [2.45, 2.75) is 6.92 Å². The molecule has 0 atom stereocenters. The molecule has 0 unspecified atom stereocenters. The minimum Gasteiger partial charge on any atom is -0.477 e. The van der Waals surface area contributed by atoms with Gasteiger partial charge in [-0.05, 0) is 19.1 Å². The van der Waals surface area contributed by atoms with Gasteiger partial charge in [0, 0.05) is 0 Å². The number of nitrogens with zero attached hydrogens (tertiary/aromatic N) is 1. The maximum Gasteiger partial charge on any atom is 0.347 e. The molecule has 0 saturated carbocycles. The van der Waals surface area contributed by atoms with Crippen molar-refractivity contribution in [1.29, 1.82) is 0 Å². The van der Waals surface area contributed by atoms with Crippen molar-refractivity contribution in [3.63, 3.8) is 0 Å². The number of nitrogens with one attached hydrogen (secondary N) is 1. The number of rotatable bonds is 3. The normalized spacial score (nSPS) is 10.2. The average molecular weight is 249 g/mol. The monoisotopic (exact) mass is 249 g/mol. The molecule has 0 spiro atoms. The molecule has 0 saturated heterocycles. The van der Waals surface area contributed by atoms with Crippen LogP contribution in [0.1, 0.15) is 15.4 Å². The minimum atomic E-state index is -0.964. The SMILES string of the molecule is Cc1nc(Nc2ccccc2N)sc1C(=O)O. The topological polar surface area (TPSA) is 88.2 Å². The number of carboxylic acids is 1. The summed E-state index contributed by atoms with van der Waals surface area (Å²) in [6.07, 6.45) is 0. The molecule has 1 heterocycles. The zero-order chi connectivity index (χ0) is 12.4. The number of anilines is 3. The molecule has 2 aromatic rings. The van der Waals surface area contributed by atoms with Gasteiger partial charge in [-0.2, -0.15) is 0 Å². The predicted octanol–water partition coefficient (Wildman–Crippen LogP) is 2.48. The Morgan fingerprint density at radius 2 is 2.18 bits per heavy atom. The van der Waals surface area contributed by atoms with Gasteiger partial charge in [-0.1, -0.05) is 23.5 Å². The van der Waals surface area contributed by atoms with E-state index < -0.39 is 5.97 Å². The van der Waals surface area contributed by atoms with E-state index >= 15 is 0 Å². The van der Waals surface area contributed by atoms with Crippen molar-refractivity contribution in [3.8, 4) is 0 Å². The number of nitrogens with two attached hydrogens (primary N) is 1. The molecular formula is C11H11N3O2S. The summed E-state index contributed by atoms with van der Waals surface area (Å²) in [5.74, 6) is -0.964. The molecule has 88 valence electrons. The average Bonchev–Trinajstić information content (AvgIpc) is 2.63. The molecule has 0 aliphatic rings. The van der Waals surface area contributed by atoms with Crippen LogP contribution in [0, 0.1) is 6.92 Å². The van der Waals surface area contributed by atoms with Gasteiger partial charge in [-0.15, -0.1) is 0 Å². The van der Waals surface area contributed by atoms with Gasteiger partial charge in [0.1, 0.15) is 4.88 Å². The Bertz CT molecular complexity index is 566. The zero-order valence-electron chi connectivity index (χ0n) is 9.10.